The number of pyridine rings is 1. The molecule has 2 aliphatic rings. The molecule has 0 N–H and O–H groups in total. The molecule has 0 spiro atoms. The first-order valence-electron chi connectivity index (χ1n) is 11.0. The van der Waals surface area contributed by atoms with Crippen molar-refractivity contribution in [1.29, 1.82) is 0 Å². The van der Waals surface area contributed by atoms with Crippen LogP contribution in [0.1, 0.15) is 63.0 Å². The standard InChI is InChI=1S/C25H35N3/c1-25(2,3)12-16-27-14-10-21(11-15-27)20-6-8-24(9-7-20)28-18-23(19-28)22-5-4-13-26-17-22/h4-9,13,17,21,23H,10-12,14-16,18-19H2,1-3H3. The molecular weight excluding hydrogens is 342 g/mol. The highest BCUT2D eigenvalue weighted by molar-refractivity contribution is 5.52. The largest absolute Gasteiger partial charge is 0.370 e. The smallest absolute Gasteiger partial charge is 0.0366 e. The average molecular weight is 378 g/mol. The Morgan fingerprint density at radius 3 is 2.25 bits per heavy atom. The summed E-state index contributed by atoms with van der Waals surface area (Å²) >= 11 is 0. The van der Waals surface area contributed by atoms with Crippen LogP contribution < -0.4 is 4.90 Å². The number of nitrogens with zero attached hydrogens (tertiary/aromatic N) is 3. The van der Waals surface area contributed by atoms with Gasteiger partial charge in [-0.15, -0.1) is 0 Å². The SMILES string of the molecule is CC(C)(C)CCN1CCC(c2ccc(N3CC(c4cccnc4)C3)cc2)CC1. The number of benzene rings is 1. The van der Waals surface area contributed by atoms with E-state index >= 15 is 0 Å². The third kappa shape index (κ3) is 4.75. The van der Waals surface area contributed by atoms with Crippen LogP contribution in [-0.2, 0) is 0 Å². The van der Waals surface area contributed by atoms with Crippen molar-refractivity contribution in [2.75, 3.05) is 37.6 Å². The summed E-state index contributed by atoms with van der Waals surface area (Å²) in [6.07, 6.45) is 7.77. The Labute approximate surface area is 170 Å². The molecule has 0 bridgehead atoms. The van der Waals surface area contributed by atoms with Crippen molar-refractivity contribution in [2.45, 2.75) is 51.9 Å². The first-order chi connectivity index (χ1) is 13.5. The number of aromatic nitrogens is 1. The van der Waals surface area contributed by atoms with Crippen molar-refractivity contribution < 1.29 is 0 Å². The van der Waals surface area contributed by atoms with Crippen LogP contribution in [0.3, 0.4) is 0 Å². The summed E-state index contributed by atoms with van der Waals surface area (Å²) in [7, 11) is 0. The van der Waals surface area contributed by atoms with E-state index in [1.807, 2.05) is 18.5 Å². The molecule has 0 atom stereocenters. The molecule has 3 heteroatoms. The van der Waals surface area contributed by atoms with Gasteiger partial charge in [0.25, 0.3) is 0 Å². The summed E-state index contributed by atoms with van der Waals surface area (Å²) in [6, 6.07) is 13.7. The first kappa shape index (κ1) is 19.4. The van der Waals surface area contributed by atoms with Gasteiger partial charge >= 0.3 is 0 Å². The first-order valence-corrected chi connectivity index (χ1v) is 11.0. The molecule has 2 aliphatic heterocycles. The monoisotopic (exact) mass is 377 g/mol. The van der Waals surface area contributed by atoms with E-state index in [4.69, 9.17) is 0 Å². The van der Waals surface area contributed by atoms with Crippen LogP contribution in [0.2, 0.25) is 0 Å². The number of hydrogen-bond acceptors (Lipinski definition) is 3. The van der Waals surface area contributed by atoms with E-state index in [1.165, 1.54) is 55.7 Å². The Morgan fingerprint density at radius 2 is 1.64 bits per heavy atom. The predicted octanol–water partition coefficient (Wildman–Crippen LogP) is 5.30. The summed E-state index contributed by atoms with van der Waals surface area (Å²) in [5, 5.41) is 0. The molecule has 2 fully saturated rings. The van der Waals surface area contributed by atoms with E-state index in [1.54, 1.807) is 0 Å². The van der Waals surface area contributed by atoms with Gasteiger partial charge in [0.2, 0.25) is 0 Å². The van der Waals surface area contributed by atoms with E-state index in [9.17, 15) is 0 Å². The number of likely N-dealkylation sites (tertiary alicyclic amines) is 1. The van der Waals surface area contributed by atoms with Gasteiger partial charge < -0.3 is 9.80 Å². The molecule has 3 nitrogen and oxygen atoms in total. The van der Waals surface area contributed by atoms with E-state index in [0.717, 1.165) is 19.0 Å². The quantitative estimate of drug-likeness (QED) is 0.705. The minimum atomic E-state index is 0.444. The second-order valence-electron chi connectivity index (χ2n) is 9.91. The lowest BCUT2D eigenvalue weighted by atomic mass is 9.87. The lowest BCUT2D eigenvalue weighted by Crippen LogP contribution is -2.45. The van der Waals surface area contributed by atoms with Crippen molar-refractivity contribution in [3.63, 3.8) is 0 Å². The molecule has 1 aromatic carbocycles. The van der Waals surface area contributed by atoms with Crippen molar-refractivity contribution >= 4 is 5.69 Å². The third-order valence-corrected chi connectivity index (χ3v) is 6.53. The fraction of sp³-hybridized carbons (Fsp3) is 0.560. The summed E-state index contributed by atoms with van der Waals surface area (Å²) < 4.78 is 0. The topological polar surface area (TPSA) is 19.4 Å². The molecule has 0 unspecified atom stereocenters. The zero-order valence-electron chi connectivity index (χ0n) is 17.8. The molecule has 2 saturated heterocycles. The molecule has 1 aromatic heterocycles. The highest BCUT2D eigenvalue weighted by atomic mass is 15.2. The number of piperidine rings is 1. The minimum Gasteiger partial charge on any atom is -0.370 e. The second-order valence-corrected chi connectivity index (χ2v) is 9.91. The summed E-state index contributed by atoms with van der Waals surface area (Å²) in [5.74, 6) is 1.37. The van der Waals surface area contributed by atoms with E-state index in [-0.39, 0.29) is 0 Å². The maximum atomic E-state index is 4.26. The van der Waals surface area contributed by atoms with Gasteiger partial charge in [-0.2, -0.15) is 0 Å². The van der Waals surface area contributed by atoms with Crippen LogP contribution in [0.5, 0.6) is 0 Å². The van der Waals surface area contributed by atoms with Gasteiger partial charge in [-0.05, 0) is 79.6 Å². The van der Waals surface area contributed by atoms with Crippen LogP contribution >= 0.6 is 0 Å². The Bertz CT molecular complexity index is 734. The minimum absolute atomic E-state index is 0.444. The summed E-state index contributed by atoms with van der Waals surface area (Å²) in [4.78, 5) is 9.40. The van der Waals surface area contributed by atoms with Crippen LogP contribution in [0, 0.1) is 5.41 Å². The van der Waals surface area contributed by atoms with Crippen LogP contribution in [0.15, 0.2) is 48.8 Å². The highest BCUT2D eigenvalue weighted by Gasteiger charge is 2.28. The van der Waals surface area contributed by atoms with Crippen molar-refractivity contribution in [3.8, 4) is 0 Å². The van der Waals surface area contributed by atoms with Gasteiger partial charge in [0, 0.05) is 37.1 Å². The molecule has 3 heterocycles. The van der Waals surface area contributed by atoms with Crippen LogP contribution in [0.25, 0.3) is 0 Å². The Balaban J connectivity index is 1.26. The van der Waals surface area contributed by atoms with Crippen molar-refractivity contribution in [1.82, 2.24) is 9.88 Å². The second kappa shape index (κ2) is 8.24. The normalized spacial score (nSPS) is 19.6. The molecule has 0 amide bonds. The molecule has 150 valence electrons. The van der Waals surface area contributed by atoms with E-state index in [2.05, 4.69) is 65.9 Å². The van der Waals surface area contributed by atoms with Crippen molar-refractivity contribution in [3.05, 3.63) is 59.9 Å². The summed E-state index contributed by atoms with van der Waals surface area (Å²) in [6.45, 7) is 13.0. The number of hydrogen-bond donors (Lipinski definition) is 0. The van der Waals surface area contributed by atoms with Crippen LogP contribution in [0.4, 0.5) is 5.69 Å². The van der Waals surface area contributed by atoms with Gasteiger partial charge in [0.15, 0.2) is 0 Å². The maximum Gasteiger partial charge on any atom is 0.0366 e. The zero-order chi connectivity index (χ0) is 19.6. The molecular formula is C25H35N3. The van der Waals surface area contributed by atoms with Gasteiger partial charge in [0.05, 0.1) is 0 Å². The molecule has 28 heavy (non-hydrogen) atoms. The Morgan fingerprint density at radius 1 is 0.929 bits per heavy atom. The number of anilines is 1. The molecule has 4 rings (SSSR count). The van der Waals surface area contributed by atoms with Gasteiger partial charge in [-0.1, -0.05) is 39.0 Å². The van der Waals surface area contributed by atoms with Gasteiger partial charge in [-0.3, -0.25) is 4.98 Å². The molecule has 0 radical (unpaired) electrons. The van der Waals surface area contributed by atoms with E-state index < -0.39 is 0 Å². The van der Waals surface area contributed by atoms with Gasteiger partial charge in [-0.25, -0.2) is 0 Å². The summed E-state index contributed by atoms with van der Waals surface area (Å²) in [5.41, 5.74) is 4.71. The molecule has 2 aromatic rings. The predicted molar refractivity (Wildman–Crippen MR) is 118 cm³/mol. The van der Waals surface area contributed by atoms with E-state index in [0.29, 0.717) is 11.3 Å². The fourth-order valence-electron chi connectivity index (χ4n) is 4.46. The Hall–Kier alpha value is -1.87. The number of rotatable bonds is 5. The Kier molecular flexibility index (Phi) is 5.73. The average Bonchev–Trinajstić information content (AvgIpc) is 2.67. The third-order valence-electron chi connectivity index (χ3n) is 6.53. The maximum absolute atomic E-state index is 4.26. The fourth-order valence-corrected chi connectivity index (χ4v) is 4.46. The molecule has 0 aliphatic carbocycles. The molecule has 0 saturated carbocycles. The van der Waals surface area contributed by atoms with Gasteiger partial charge in [0.1, 0.15) is 0 Å². The lowest BCUT2D eigenvalue weighted by Gasteiger charge is -2.41. The van der Waals surface area contributed by atoms with Crippen LogP contribution in [-0.4, -0.2) is 42.6 Å². The highest BCUT2D eigenvalue weighted by Crippen LogP contribution is 2.34. The lowest BCUT2D eigenvalue weighted by molar-refractivity contribution is 0.185. The van der Waals surface area contributed by atoms with Crippen molar-refractivity contribution in [2.24, 2.45) is 5.41 Å². The zero-order valence-corrected chi connectivity index (χ0v) is 17.8.